The fraction of sp³-hybridized carbons (Fsp3) is 0.444. The lowest BCUT2D eigenvalue weighted by Crippen LogP contribution is -2.29. The summed E-state index contributed by atoms with van der Waals surface area (Å²) in [6.45, 7) is 0. The molecule has 1 aromatic carbocycles. The molecule has 0 radical (unpaired) electrons. The summed E-state index contributed by atoms with van der Waals surface area (Å²) >= 11 is 0. The maximum Gasteiger partial charge on any atom is 0.185 e. The van der Waals surface area contributed by atoms with Crippen LogP contribution in [-0.4, -0.2) is 31.1 Å². The molecule has 1 saturated carbocycles. The van der Waals surface area contributed by atoms with Crippen molar-refractivity contribution in [3.8, 4) is 11.5 Å². The zero-order chi connectivity index (χ0) is 15.8. The van der Waals surface area contributed by atoms with Gasteiger partial charge in [0.25, 0.3) is 0 Å². The van der Waals surface area contributed by atoms with E-state index in [-0.39, 0.29) is 0 Å². The van der Waals surface area contributed by atoms with Gasteiger partial charge >= 0.3 is 0 Å². The van der Waals surface area contributed by atoms with E-state index in [1.165, 1.54) is 24.8 Å². The number of ether oxygens (including phenoxy) is 2. The Morgan fingerprint density at radius 1 is 1.09 bits per heavy atom. The van der Waals surface area contributed by atoms with Gasteiger partial charge in [-0.25, -0.2) is 0 Å². The minimum absolute atomic E-state index is 0.314. The van der Waals surface area contributed by atoms with Crippen LogP contribution in [0.25, 0.3) is 0 Å². The van der Waals surface area contributed by atoms with Gasteiger partial charge < -0.3 is 14.0 Å². The third-order valence-corrected chi connectivity index (χ3v) is 4.91. The van der Waals surface area contributed by atoms with Crippen LogP contribution in [0.1, 0.15) is 48.5 Å². The van der Waals surface area contributed by atoms with Crippen LogP contribution < -0.4 is 9.47 Å². The second-order valence-corrected chi connectivity index (χ2v) is 6.11. The Hall–Kier alpha value is -2.30. The summed E-state index contributed by atoms with van der Waals surface area (Å²) in [5.74, 6) is 2.65. The lowest BCUT2D eigenvalue weighted by molar-refractivity contribution is 0.349. The molecule has 1 aliphatic heterocycles. The van der Waals surface area contributed by atoms with Crippen LogP contribution in [0.2, 0.25) is 0 Å². The van der Waals surface area contributed by atoms with Gasteiger partial charge in [0.05, 0.1) is 26.5 Å². The largest absolute Gasteiger partial charge is 0.493 e. The van der Waals surface area contributed by atoms with Gasteiger partial charge in [0, 0.05) is 17.5 Å². The highest BCUT2D eigenvalue weighted by Crippen LogP contribution is 2.44. The average molecular weight is 312 g/mol. The lowest BCUT2D eigenvalue weighted by atomic mass is 9.75. The summed E-state index contributed by atoms with van der Waals surface area (Å²) in [6.07, 6.45) is 6.43. The highest BCUT2D eigenvalue weighted by atomic mass is 16.5. The molecule has 120 valence electrons. The average Bonchev–Trinajstić information content (AvgIpc) is 3.14. The second-order valence-electron chi connectivity index (χ2n) is 6.11. The Labute approximate surface area is 135 Å². The number of hydrogen-bond donors (Lipinski definition) is 0. The fourth-order valence-electron chi connectivity index (χ4n) is 3.80. The molecule has 0 bridgehead atoms. The van der Waals surface area contributed by atoms with Crippen molar-refractivity contribution in [2.45, 2.75) is 37.6 Å². The van der Waals surface area contributed by atoms with Gasteiger partial charge in [-0.1, -0.05) is 18.0 Å². The van der Waals surface area contributed by atoms with Crippen molar-refractivity contribution in [1.82, 2.24) is 5.16 Å². The molecular weight excluding hydrogens is 292 g/mol. The van der Waals surface area contributed by atoms with Crippen molar-refractivity contribution >= 4 is 5.71 Å². The summed E-state index contributed by atoms with van der Waals surface area (Å²) in [7, 11) is 3.33. The van der Waals surface area contributed by atoms with E-state index < -0.39 is 0 Å². The minimum Gasteiger partial charge on any atom is -0.493 e. The Bertz CT molecular complexity index is 737. The molecular formula is C18H20N2O3. The van der Waals surface area contributed by atoms with Gasteiger partial charge in [0.2, 0.25) is 0 Å². The second kappa shape index (κ2) is 5.72. The molecule has 2 atom stereocenters. The first-order valence-electron chi connectivity index (χ1n) is 8.07. The van der Waals surface area contributed by atoms with Crippen LogP contribution in [0, 0.1) is 0 Å². The molecule has 2 aromatic rings. The standard InChI is InChI=1S/C18H20N2O3/c1-21-16-9-12-11-5-3-4-6-14(11)20-18(15-7-8-19-23-15)13(12)10-17(16)22-2/h7-11,14H,3-6H2,1-2H3/t11-,14-/m1/s1. The molecule has 2 aliphatic rings. The van der Waals surface area contributed by atoms with Gasteiger partial charge in [-0.3, -0.25) is 4.99 Å². The quantitative estimate of drug-likeness (QED) is 0.869. The fourth-order valence-corrected chi connectivity index (χ4v) is 3.80. The minimum atomic E-state index is 0.314. The van der Waals surface area contributed by atoms with Crippen LogP contribution in [0.15, 0.2) is 33.9 Å². The molecule has 2 heterocycles. The van der Waals surface area contributed by atoms with Crippen molar-refractivity contribution in [2.75, 3.05) is 14.2 Å². The Morgan fingerprint density at radius 2 is 1.87 bits per heavy atom. The van der Waals surface area contributed by atoms with Gasteiger partial charge in [-0.05, 0) is 30.5 Å². The molecule has 23 heavy (non-hydrogen) atoms. The summed E-state index contributed by atoms with van der Waals surface area (Å²) in [4.78, 5) is 5.01. The van der Waals surface area contributed by atoms with Crippen LogP contribution in [-0.2, 0) is 0 Å². The predicted octanol–water partition coefficient (Wildman–Crippen LogP) is 3.57. The number of aromatic nitrogens is 1. The number of benzene rings is 1. The number of fused-ring (bicyclic) bond motifs is 3. The molecule has 0 unspecified atom stereocenters. The Kier molecular flexibility index (Phi) is 3.56. The van der Waals surface area contributed by atoms with E-state index in [0.717, 1.165) is 23.4 Å². The van der Waals surface area contributed by atoms with Crippen LogP contribution in [0.5, 0.6) is 11.5 Å². The van der Waals surface area contributed by atoms with E-state index in [1.54, 1.807) is 20.4 Å². The summed E-state index contributed by atoms with van der Waals surface area (Å²) in [5, 5.41) is 3.84. The van der Waals surface area contributed by atoms with Crippen LogP contribution in [0.4, 0.5) is 0 Å². The smallest absolute Gasteiger partial charge is 0.185 e. The lowest BCUT2D eigenvalue weighted by Gasteiger charge is -2.35. The number of aliphatic imine (C=N–C) groups is 1. The van der Waals surface area contributed by atoms with Crippen molar-refractivity contribution in [3.63, 3.8) is 0 Å². The number of rotatable bonds is 3. The molecule has 1 fully saturated rings. The van der Waals surface area contributed by atoms with E-state index in [9.17, 15) is 0 Å². The Morgan fingerprint density at radius 3 is 2.61 bits per heavy atom. The van der Waals surface area contributed by atoms with Gasteiger partial charge in [-0.2, -0.15) is 0 Å². The third kappa shape index (κ3) is 2.31. The SMILES string of the molecule is COc1cc2c(cc1OC)[C@H]1CCCC[C@H]1N=C2c1ccno1. The van der Waals surface area contributed by atoms with Crippen molar-refractivity contribution in [1.29, 1.82) is 0 Å². The molecule has 1 aliphatic carbocycles. The number of methoxy groups -OCH3 is 2. The molecule has 5 heteroatoms. The zero-order valence-electron chi connectivity index (χ0n) is 13.4. The molecule has 0 amide bonds. The zero-order valence-corrected chi connectivity index (χ0v) is 13.4. The molecule has 0 saturated heterocycles. The van der Waals surface area contributed by atoms with Crippen molar-refractivity contribution < 1.29 is 14.0 Å². The summed E-state index contributed by atoms with van der Waals surface area (Å²) < 4.78 is 16.4. The molecule has 0 N–H and O–H groups in total. The van der Waals surface area contributed by atoms with Crippen LogP contribution in [0.3, 0.4) is 0 Å². The van der Waals surface area contributed by atoms with Gasteiger partial charge in [0.1, 0.15) is 5.71 Å². The first-order chi connectivity index (χ1) is 11.3. The monoisotopic (exact) mass is 312 g/mol. The third-order valence-electron chi connectivity index (χ3n) is 4.91. The maximum atomic E-state index is 5.51. The van der Waals surface area contributed by atoms with E-state index in [0.29, 0.717) is 23.5 Å². The normalized spacial score (nSPS) is 22.8. The first kappa shape index (κ1) is 14.3. The van der Waals surface area contributed by atoms with E-state index >= 15 is 0 Å². The van der Waals surface area contributed by atoms with Crippen molar-refractivity contribution in [3.05, 3.63) is 41.3 Å². The molecule has 4 rings (SSSR count). The molecule has 1 aromatic heterocycles. The highest BCUT2D eigenvalue weighted by Gasteiger charge is 2.35. The molecule has 0 spiro atoms. The highest BCUT2D eigenvalue weighted by molar-refractivity contribution is 6.13. The summed E-state index contributed by atoms with van der Waals surface area (Å²) in [6, 6.07) is 6.31. The van der Waals surface area contributed by atoms with E-state index in [1.807, 2.05) is 12.1 Å². The first-order valence-corrected chi connectivity index (χ1v) is 8.07. The number of hydrogen-bond acceptors (Lipinski definition) is 5. The number of nitrogens with zero attached hydrogens (tertiary/aromatic N) is 2. The van der Waals surface area contributed by atoms with Gasteiger partial charge in [-0.15, -0.1) is 0 Å². The van der Waals surface area contributed by atoms with E-state index in [2.05, 4.69) is 11.2 Å². The Balaban J connectivity index is 1.91. The van der Waals surface area contributed by atoms with Crippen molar-refractivity contribution in [2.24, 2.45) is 4.99 Å². The van der Waals surface area contributed by atoms with Crippen LogP contribution >= 0.6 is 0 Å². The van der Waals surface area contributed by atoms with E-state index in [4.69, 9.17) is 19.0 Å². The predicted molar refractivity (Wildman–Crippen MR) is 86.7 cm³/mol. The maximum absolute atomic E-state index is 5.51. The molecule has 5 nitrogen and oxygen atoms in total. The summed E-state index contributed by atoms with van der Waals surface area (Å²) in [5.41, 5.74) is 3.23. The topological polar surface area (TPSA) is 56.9 Å². The van der Waals surface area contributed by atoms with Gasteiger partial charge in [0.15, 0.2) is 17.3 Å².